The summed E-state index contributed by atoms with van der Waals surface area (Å²) >= 11 is 0. The van der Waals surface area contributed by atoms with Gasteiger partial charge >= 0.3 is 6.09 Å². The number of nitrogens with zero attached hydrogens (tertiary/aromatic N) is 7. The third-order valence-electron chi connectivity index (χ3n) is 8.55. The Morgan fingerprint density at radius 2 is 1.91 bits per heavy atom. The second-order valence-electron chi connectivity index (χ2n) is 12.0. The summed E-state index contributed by atoms with van der Waals surface area (Å²) in [4.78, 5) is 37.9. The Morgan fingerprint density at radius 3 is 2.73 bits per heavy atom. The summed E-state index contributed by atoms with van der Waals surface area (Å²) in [6, 6.07) is 14.9. The number of hydrogen-bond acceptors (Lipinski definition) is 8. The van der Waals surface area contributed by atoms with Crippen LogP contribution in [0.2, 0.25) is 0 Å². The topological polar surface area (TPSA) is 132 Å². The van der Waals surface area contributed by atoms with Gasteiger partial charge in [-0.05, 0) is 54.7 Å². The molecule has 2 aromatic carbocycles. The minimum Gasteiger partial charge on any atom is -0.445 e. The monoisotopic (exact) mass is 591 g/mol. The lowest BCUT2D eigenvalue weighted by molar-refractivity contribution is -0.121. The quantitative estimate of drug-likeness (QED) is 0.277. The molecule has 44 heavy (non-hydrogen) atoms. The van der Waals surface area contributed by atoms with Gasteiger partial charge in [0, 0.05) is 31.2 Å². The highest BCUT2D eigenvalue weighted by Crippen LogP contribution is 2.43. The van der Waals surface area contributed by atoms with E-state index in [1.165, 1.54) is 18.4 Å². The number of aromatic nitrogens is 6. The fourth-order valence-electron chi connectivity index (χ4n) is 5.81. The van der Waals surface area contributed by atoms with Gasteiger partial charge in [0.15, 0.2) is 11.5 Å². The largest absolute Gasteiger partial charge is 0.445 e. The van der Waals surface area contributed by atoms with Crippen LogP contribution in [0.25, 0.3) is 27.9 Å². The van der Waals surface area contributed by atoms with Crippen molar-refractivity contribution in [2.45, 2.75) is 50.8 Å². The summed E-state index contributed by atoms with van der Waals surface area (Å²) in [5.41, 5.74) is 4.39. The van der Waals surface area contributed by atoms with Crippen molar-refractivity contribution in [1.29, 1.82) is 0 Å². The SMILES string of the molecule is O=C1NCCN(C(=O)OCc2ccccc2)C[C@H]1Nc1nc2c(C3CC3)cccc2c2nc(-c3cnn(CC4CC4)c3)nn12. The van der Waals surface area contributed by atoms with E-state index < -0.39 is 12.1 Å². The van der Waals surface area contributed by atoms with Crippen LogP contribution in [-0.2, 0) is 22.7 Å². The zero-order chi connectivity index (χ0) is 29.6. The number of carbonyl (C=O) groups is 2. The zero-order valence-electron chi connectivity index (χ0n) is 24.2. The van der Waals surface area contributed by atoms with E-state index >= 15 is 0 Å². The predicted molar refractivity (Wildman–Crippen MR) is 163 cm³/mol. The first-order valence-corrected chi connectivity index (χ1v) is 15.3. The van der Waals surface area contributed by atoms with Crippen LogP contribution < -0.4 is 10.6 Å². The second kappa shape index (κ2) is 10.9. The van der Waals surface area contributed by atoms with E-state index in [2.05, 4.69) is 21.8 Å². The highest BCUT2D eigenvalue weighted by Gasteiger charge is 2.31. The molecular weight excluding hydrogens is 558 g/mol. The van der Waals surface area contributed by atoms with Gasteiger partial charge < -0.3 is 20.3 Å². The first kappa shape index (κ1) is 26.6. The molecule has 4 heterocycles. The van der Waals surface area contributed by atoms with Gasteiger partial charge in [0.25, 0.3) is 0 Å². The van der Waals surface area contributed by atoms with Crippen LogP contribution in [-0.4, -0.2) is 71.9 Å². The van der Waals surface area contributed by atoms with E-state index in [1.807, 2.05) is 53.3 Å². The Balaban J connectivity index is 1.12. The summed E-state index contributed by atoms with van der Waals surface area (Å²) in [6.07, 6.45) is 8.05. The molecule has 0 radical (unpaired) electrons. The third-order valence-corrected chi connectivity index (χ3v) is 8.55. The molecule has 2 amide bonds. The first-order valence-electron chi connectivity index (χ1n) is 15.3. The van der Waals surface area contributed by atoms with Crippen molar-refractivity contribution in [1.82, 2.24) is 39.6 Å². The van der Waals surface area contributed by atoms with Crippen LogP contribution >= 0.6 is 0 Å². The van der Waals surface area contributed by atoms with Crippen molar-refractivity contribution in [3.05, 3.63) is 72.1 Å². The molecule has 2 saturated carbocycles. The summed E-state index contributed by atoms with van der Waals surface area (Å²) in [6.45, 7) is 1.83. The molecule has 0 spiro atoms. The molecule has 2 aliphatic carbocycles. The maximum absolute atomic E-state index is 13.2. The summed E-state index contributed by atoms with van der Waals surface area (Å²) < 4.78 is 9.21. The van der Waals surface area contributed by atoms with Crippen molar-refractivity contribution in [2.75, 3.05) is 25.0 Å². The third kappa shape index (κ3) is 5.31. The van der Waals surface area contributed by atoms with E-state index in [1.54, 1.807) is 15.6 Å². The smallest absolute Gasteiger partial charge is 0.410 e. The van der Waals surface area contributed by atoms with Crippen LogP contribution in [0, 0.1) is 5.92 Å². The number of benzene rings is 2. The number of ether oxygens (including phenoxy) is 1. The highest BCUT2D eigenvalue weighted by atomic mass is 16.6. The predicted octanol–water partition coefficient (Wildman–Crippen LogP) is 3.98. The molecule has 8 rings (SSSR count). The summed E-state index contributed by atoms with van der Waals surface area (Å²) in [5, 5.41) is 16.5. The Bertz CT molecular complexity index is 1860. The van der Waals surface area contributed by atoms with Crippen LogP contribution in [0.3, 0.4) is 0 Å². The fourth-order valence-corrected chi connectivity index (χ4v) is 5.81. The zero-order valence-corrected chi connectivity index (χ0v) is 24.2. The van der Waals surface area contributed by atoms with Gasteiger partial charge in [-0.3, -0.25) is 9.48 Å². The van der Waals surface area contributed by atoms with Crippen LogP contribution in [0.15, 0.2) is 60.9 Å². The van der Waals surface area contributed by atoms with E-state index in [0.29, 0.717) is 42.3 Å². The lowest BCUT2D eigenvalue weighted by atomic mass is 10.1. The molecule has 3 fully saturated rings. The van der Waals surface area contributed by atoms with Gasteiger partial charge in [-0.15, -0.1) is 5.10 Å². The Labute approximate surface area is 253 Å². The molecule has 1 saturated heterocycles. The lowest BCUT2D eigenvalue weighted by Gasteiger charge is -2.23. The molecule has 0 bridgehead atoms. The summed E-state index contributed by atoms with van der Waals surface area (Å²) in [7, 11) is 0. The summed E-state index contributed by atoms with van der Waals surface area (Å²) in [5.74, 6) is 1.86. The van der Waals surface area contributed by atoms with Crippen LogP contribution in [0.4, 0.5) is 10.7 Å². The maximum atomic E-state index is 13.2. The molecular formula is C32H33N9O3. The Morgan fingerprint density at radius 1 is 1.05 bits per heavy atom. The number of fused-ring (bicyclic) bond motifs is 3. The van der Waals surface area contributed by atoms with Crippen molar-refractivity contribution < 1.29 is 14.3 Å². The van der Waals surface area contributed by atoms with Crippen LogP contribution in [0.5, 0.6) is 0 Å². The van der Waals surface area contributed by atoms with Crippen molar-refractivity contribution in [2.24, 2.45) is 5.92 Å². The van der Waals surface area contributed by atoms with Gasteiger partial charge in [0.05, 0.1) is 23.8 Å². The number of anilines is 1. The minimum atomic E-state index is -0.781. The number of rotatable bonds is 8. The molecule has 0 unspecified atom stereocenters. The van der Waals surface area contributed by atoms with Gasteiger partial charge in [0.2, 0.25) is 11.9 Å². The second-order valence-corrected chi connectivity index (χ2v) is 12.0. The number of hydrogen-bond donors (Lipinski definition) is 2. The van der Waals surface area contributed by atoms with Gasteiger partial charge in [-0.2, -0.15) is 9.61 Å². The lowest BCUT2D eigenvalue weighted by Crippen LogP contribution is -2.44. The van der Waals surface area contributed by atoms with Gasteiger partial charge in [0.1, 0.15) is 12.6 Å². The number of nitrogens with one attached hydrogen (secondary N) is 2. The number of carbonyl (C=O) groups excluding carboxylic acids is 2. The van der Waals surface area contributed by atoms with E-state index in [4.69, 9.17) is 19.8 Å². The first-order chi connectivity index (χ1) is 21.6. The normalized spacial score (nSPS) is 18.8. The molecule has 1 atom stereocenters. The molecule has 3 aromatic heterocycles. The van der Waals surface area contributed by atoms with Crippen molar-refractivity contribution in [3.63, 3.8) is 0 Å². The van der Waals surface area contributed by atoms with Gasteiger partial charge in [-0.1, -0.05) is 42.5 Å². The highest BCUT2D eigenvalue weighted by molar-refractivity contribution is 5.95. The maximum Gasteiger partial charge on any atom is 0.410 e. The van der Waals surface area contributed by atoms with E-state index in [-0.39, 0.29) is 19.1 Å². The minimum absolute atomic E-state index is 0.112. The molecule has 1 aliphatic heterocycles. The Hall–Kier alpha value is -5.00. The van der Waals surface area contributed by atoms with Crippen molar-refractivity contribution in [3.8, 4) is 11.4 Å². The average molecular weight is 592 g/mol. The molecule has 224 valence electrons. The average Bonchev–Trinajstić information content (AvgIpc) is 3.96. The number of amides is 2. The van der Waals surface area contributed by atoms with Crippen LogP contribution in [0.1, 0.15) is 42.7 Å². The molecule has 12 nitrogen and oxygen atoms in total. The van der Waals surface area contributed by atoms with E-state index in [0.717, 1.165) is 41.4 Å². The number of para-hydroxylation sites is 1. The van der Waals surface area contributed by atoms with Gasteiger partial charge in [-0.25, -0.2) is 14.8 Å². The van der Waals surface area contributed by atoms with Crippen molar-refractivity contribution >= 4 is 34.5 Å². The standard InChI is InChI=1S/C32H33N9O3/c42-30-26(18-39(14-13-33-30)32(43)44-19-21-5-2-1-3-6-21)35-31-36-27-24(22-11-12-22)7-4-8-25(27)29-37-28(38-41(29)31)23-15-34-40(17-23)16-20-9-10-20/h1-8,15,17,20,22,26H,9-14,16,18-19H2,(H,33,42)(H,35,36)/t26-/m1/s1. The molecule has 5 aromatic rings. The molecule has 2 N–H and O–H groups in total. The fraction of sp³-hybridized carbons (Fsp3) is 0.375. The molecule has 3 aliphatic rings. The Kier molecular flexibility index (Phi) is 6.61. The molecule has 12 heteroatoms. The van der Waals surface area contributed by atoms with E-state index in [9.17, 15) is 9.59 Å².